The molecule has 116 valence electrons. The fraction of sp³-hybridized carbons (Fsp3) is 0.250. The van der Waals surface area contributed by atoms with Gasteiger partial charge in [-0.15, -0.1) is 11.8 Å². The summed E-state index contributed by atoms with van der Waals surface area (Å²) >= 11 is 1.39. The molecule has 5 nitrogen and oxygen atoms in total. The normalized spacial score (nSPS) is 10.5. The number of hydrogen-bond donors (Lipinski definition) is 1. The van der Waals surface area contributed by atoms with Gasteiger partial charge in [0, 0.05) is 18.5 Å². The van der Waals surface area contributed by atoms with Crippen molar-refractivity contribution < 1.29 is 19.1 Å². The van der Waals surface area contributed by atoms with Gasteiger partial charge in [0.25, 0.3) is 5.91 Å². The molecule has 0 radical (unpaired) electrons. The Kier molecular flexibility index (Phi) is 5.27. The van der Waals surface area contributed by atoms with E-state index in [4.69, 9.17) is 9.52 Å². The fourth-order valence-corrected chi connectivity index (χ4v) is 2.90. The van der Waals surface area contributed by atoms with Crippen LogP contribution in [0.15, 0.2) is 45.9 Å². The number of rotatable bonds is 6. The number of carbonyl (C=O) groups is 2. The number of carboxylic acid groups (broad SMARTS) is 1. The van der Waals surface area contributed by atoms with Gasteiger partial charge in [-0.05, 0) is 25.1 Å². The third-order valence-electron chi connectivity index (χ3n) is 3.27. The van der Waals surface area contributed by atoms with Crippen molar-refractivity contribution in [3.63, 3.8) is 0 Å². The SMILES string of the molecule is CCN(C)C(=O)c1ccccc1SCc1occc1C(=O)O. The first-order valence-corrected chi connectivity index (χ1v) is 7.80. The molecule has 2 aromatic rings. The predicted molar refractivity (Wildman–Crippen MR) is 84.3 cm³/mol. The van der Waals surface area contributed by atoms with E-state index in [2.05, 4.69) is 0 Å². The number of carbonyl (C=O) groups excluding carboxylic acids is 1. The van der Waals surface area contributed by atoms with Crippen molar-refractivity contribution in [2.24, 2.45) is 0 Å². The molecule has 0 spiro atoms. The van der Waals surface area contributed by atoms with Gasteiger partial charge in [-0.2, -0.15) is 0 Å². The van der Waals surface area contributed by atoms with Crippen molar-refractivity contribution in [3.8, 4) is 0 Å². The smallest absolute Gasteiger partial charge is 0.339 e. The molecule has 0 aliphatic carbocycles. The number of furan rings is 1. The molecule has 22 heavy (non-hydrogen) atoms. The molecule has 1 N–H and O–H groups in total. The van der Waals surface area contributed by atoms with Crippen LogP contribution in [0.5, 0.6) is 0 Å². The van der Waals surface area contributed by atoms with Crippen LogP contribution in [0.25, 0.3) is 0 Å². The summed E-state index contributed by atoms with van der Waals surface area (Å²) in [5.41, 5.74) is 0.766. The topological polar surface area (TPSA) is 70.8 Å². The summed E-state index contributed by atoms with van der Waals surface area (Å²) in [4.78, 5) is 25.8. The summed E-state index contributed by atoms with van der Waals surface area (Å²) in [5.74, 6) is -0.319. The van der Waals surface area contributed by atoms with E-state index in [1.807, 2.05) is 25.1 Å². The second-order valence-corrected chi connectivity index (χ2v) is 5.68. The zero-order valence-corrected chi connectivity index (χ0v) is 13.2. The van der Waals surface area contributed by atoms with Crippen LogP contribution in [0.2, 0.25) is 0 Å². The Labute approximate surface area is 132 Å². The van der Waals surface area contributed by atoms with Crippen LogP contribution in [0, 0.1) is 0 Å². The molecule has 2 rings (SSSR count). The van der Waals surface area contributed by atoms with E-state index >= 15 is 0 Å². The lowest BCUT2D eigenvalue weighted by Gasteiger charge is -2.16. The number of thioether (sulfide) groups is 1. The molecule has 6 heteroatoms. The summed E-state index contributed by atoms with van der Waals surface area (Å²) in [5, 5.41) is 9.07. The maximum atomic E-state index is 12.3. The molecule has 1 heterocycles. The van der Waals surface area contributed by atoms with Crippen molar-refractivity contribution in [3.05, 3.63) is 53.5 Å². The van der Waals surface area contributed by atoms with Gasteiger partial charge in [0.15, 0.2) is 0 Å². The van der Waals surface area contributed by atoms with Gasteiger partial charge in [0.2, 0.25) is 0 Å². The van der Waals surface area contributed by atoms with Gasteiger partial charge in [-0.25, -0.2) is 4.79 Å². The lowest BCUT2D eigenvalue weighted by molar-refractivity contribution is 0.0694. The first-order valence-electron chi connectivity index (χ1n) is 6.81. The van der Waals surface area contributed by atoms with E-state index in [1.165, 1.54) is 24.1 Å². The lowest BCUT2D eigenvalue weighted by Crippen LogP contribution is -2.26. The minimum absolute atomic E-state index is 0.0523. The second kappa shape index (κ2) is 7.17. The van der Waals surface area contributed by atoms with E-state index in [-0.39, 0.29) is 11.5 Å². The van der Waals surface area contributed by atoms with Crippen molar-refractivity contribution in [1.29, 1.82) is 0 Å². The second-order valence-electron chi connectivity index (χ2n) is 4.67. The highest BCUT2D eigenvalue weighted by atomic mass is 32.2. The fourth-order valence-electron chi connectivity index (χ4n) is 1.90. The summed E-state index contributed by atoms with van der Waals surface area (Å²) in [7, 11) is 1.75. The van der Waals surface area contributed by atoms with Crippen molar-refractivity contribution in [2.75, 3.05) is 13.6 Å². The Morgan fingerprint density at radius 3 is 2.64 bits per heavy atom. The van der Waals surface area contributed by atoms with E-state index < -0.39 is 5.97 Å². The molecular formula is C16H17NO4S. The van der Waals surface area contributed by atoms with Crippen LogP contribution in [0.3, 0.4) is 0 Å². The summed E-state index contributed by atoms with van der Waals surface area (Å²) < 4.78 is 5.22. The van der Waals surface area contributed by atoms with Gasteiger partial charge in [-0.3, -0.25) is 4.79 Å². The molecule has 1 aromatic carbocycles. The van der Waals surface area contributed by atoms with E-state index in [1.54, 1.807) is 18.0 Å². The molecule has 0 unspecified atom stereocenters. The Morgan fingerprint density at radius 2 is 1.95 bits per heavy atom. The van der Waals surface area contributed by atoms with Gasteiger partial charge in [-0.1, -0.05) is 12.1 Å². The third-order valence-corrected chi connectivity index (χ3v) is 4.35. The van der Waals surface area contributed by atoms with Crippen LogP contribution in [-0.4, -0.2) is 35.5 Å². The van der Waals surface area contributed by atoms with Crippen molar-refractivity contribution in [1.82, 2.24) is 4.90 Å². The maximum absolute atomic E-state index is 12.3. The quantitative estimate of drug-likeness (QED) is 0.827. The number of hydrogen-bond acceptors (Lipinski definition) is 4. The lowest BCUT2D eigenvalue weighted by atomic mass is 10.2. The molecule has 0 saturated carbocycles. The monoisotopic (exact) mass is 319 g/mol. The average Bonchev–Trinajstić information content (AvgIpc) is 3.00. The van der Waals surface area contributed by atoms with E-state index in [9.17, 15) is 9.59 Å². The summed E-state index contributed by atoms with van der Waals surface area (Å²) in [6.07, 6.45) is 1.36. The van der Waals surface area contributed by atoms with Crippen molar-refractivity contribution >= 4 is 23.6 Å². The molecule has 1 aromatic heterocycles. The maximum Gasteiger partial charge on any atom is 0.339 e. The van der Waals surface area contributed by atoms with Gasteiger partial charge in [0.1, 0.15) is 11.3 Å². The van der Waals surface area contributed by atoms with Gasteiger partial charge >= 0.3 is 5.97 Å². The Balaban J connectivity index is 2.18. The van der Waals surface area contributed by atoms with Crippen LogP contribution in [-0.2, 0) is 5.75 Å². The van der Waals surface area contributed by atoms with E-state index in [0.717, 1.165) is 4.90 Å². The predicted octanol–water partition coefficient (Wildman–Crippen LogP) is 3.36. The highest BCUT2D eigenvalue weighted by Gasteiger charge is 2.17. The molecule has 0 saturated heterocycles. The largest absolute Gasteiger partial charge is 0.478 e. The number of nitrogens with zero attached hydrogens (tertiary/aromatic N) is 1. The molecule has 0 aliphatic rings. The number of carboxylic acids is 1. The molecule has 0 fully saturated rings. The minimum atomic E-state index is -1.01. The van der Waals surface area contributed by atoms with Gasteiger partial charge < -0.3 is 14.4 Å². The average molecular weight is 319 g/mol. The van der Waals surface area contributed by atoms with Crippen LogP contribution in [0.1, 0.15) is 33.4 Å². The number of aromatic carboxylic acids is 1. The molecule has 1 amide bonds. The van der Waals surface area contributed by atoms with Crippen LogP contribution >= 0.6 is 11.8 Å². The zero-order chi connectivity index (χ0) is 16.1. The molecule has 0 atom stereocenters. The summed E-state index contributed by atoms with van der Waals surface area (Å²) in [6, 6.07) is 8.73. The highest BCUT2D eigenvalue weighted by Crippen LogP contribution is 2.28. The number of benzene rings is 1. The van der Waals surface area contributed by atoms with E-state index in [0.29, 0.717) is 23.6 Å². The Bertz CT molecular complexity index is 680. The molecule has 0 bridgehead atoms. The first kappa shape index (κ1) is 16.2. The van der Waals surface area contributed by atoms with Crippen LogP contribution in [0.4, 0.5) is 0 Å². The first-order chi connectivity index (χ1) is 10.5. The number of amides is 1. The minimum Gasteiger partial charge on any atom is -0.478 e. The standard InChI is InChI=1S/C16H17NO4S/c1-3-17(2)15(18)12-6-4-5-7-14(12)22-10-13-11(16(19)20)8-9-21-13/h4-9H,3,10H2,1-2H3,(H,19,20). The van der Waals surface area contributed by atoms with Crippen molar-refractivity contribution in [2.45, 2.75) is 17.6 Å². The third kappa shape index (κ3) is 3.51. The molecule has 0 aliphatic heterocycles. The summed E-state index contributed by atoms with van der Waals surface area (Å²) in [6.45, 7) is 2.54. The Hall–Kier alpha value is -2.21. The van der Waals surface area contributed by atoms with Crippen LogP contribution < -0.4 is 0 Å². The zero-order valence-electron chi connectivity index (χ0n) is 12.4. The van der Waals surface area contributed by atoms with Gasteiger partial charge in [0.05, 0.1) is 17.6 Å². The highest BCUT2D eigenvalue weighted by molar-refractivity contribution is 7.98. The molecular weight excluding hydrogens is 302 g/mol. The Morgan fingerprint density at radius 1 is 1.23 bits per heavy atom.